The van der Waals surface area contributed by atoms with Crippen LogP contribution in [-0.2, 0) is 6.54 Å². The van der Waals surface area contributed by atoms with Gasteiger partial charge in [-0.15, -0.1) is 0 Å². The SMILES string of the molecule is CCN1CCN(Cc2ccc(Nc3ncc(Cl)c(-c4cc(F)c5nc(C)n(C(C)C)c5c4)n3)c(N)c2C=N)CC1. The smallest absolute Gasteiger partial charge is 0.227 e. The van der Waals surface area contributed by atoms with E-state index in [0.29, 0.717) is 44.3 Å². The number of nitrogen functional groups attached to an aromatic ring is 1. The van der Waals surface area contributed by atoms with Crippen LogP contribution in [0.3, 0.4) is 0 Å². The third-order valence-corrected chi connectivity index (χ3v) is 7.81. The molecule has 0 amide bonds. The summed E-state index contributed by atoms with van der Waals surface area (Å²) in [5.41, 5.74) is 11.1. The molecule has 0 saturated carbocycles. The number of aromatic nitrogens is 4. The Kier molecular flexibility index (Phi) is 8.02. The number of rotatable bonds is 8. The first kappa shape index (κ1) is 27.9. The monoisotopic (exact) mass is 563 g/mol. The summed E-state index contributed by atoms with van der Waals surface area (Å²) in [7, 11) is 0. The molecule has 5 rings (SSSR count). The first-order valence-corrected chi connectivity index (χ1v) is 13.9. The minimum Gasteiger partial charge on any atom is -0.397 e. The van der Waals surface area contributed by atoms with E-state index in [9.17, 15) is 0 Å². The van der Waals surface area contributed by atoms with Crippen LogP contribution >= 0.6 is 11.6 Å². The number of anilines is 3. The van der Waals surface area contributed by atoms with Crippen molar-refractivity contribution in [2.45, 2.75) is 40.3 Å². The number of fused-ring (bicyclic) bond motifs is 1. The number of hydrogen-bond acceptors (Lipinski definition) is 8. The number of nitrogens with zero attached hydrogens (tertiary/aromatic N) is 6. The second-order valence-corrected chi connectivity index (χ2v) is 10.8. The van der Waals surface area contributed by atoms with Gasteiger partial charge in [-0.1, -0.05) is 24.6 Å². The highest BCUT2D eigenvalue weighted by atomic mass is 35.5. The number of imidazole rings is 1. The molecule has 1 saturated heterocycles. The third kappa shape index (κ3) is 5.39. The highest BCUT2D eigenvalue weighted by Gasteiger charge is 2.20. The number of piperazine rings is 1. The first-order valence-electron chi connectivity index (χ1n) is 13.5. The van der Waals surface area contributed by atoms with E-state index < -0.39 is 5.82 Å². The average molecular weight is 564 g/mol. The molecule has 40 heavy (non-hydrogen) atoms. The molecule has 9 nitrogen and oxygen atoms in total. The highest BCUT2D eigenvalue weighted by molar-refractivity contribution is 6.33. The van der Waals surface area contributed by atoms with Gasteiger partial charge in [-0.25, -0.2) is 19.3 Å². The molecule has 0 bridgehead atoms. The lowest BCUT2D eigenvalue weighted by Gasteiger charge is -2.34. The van der Waals surface area contributed by atoms with Crippen LogP contribution in [0.15, 0.2) is 30.5 Å². The van der Waals surface area contributed by atoms with Gasteiger partial charge in [0, 0.05) is 56.1 Å². The van der Waals surface area contributed by atoms with E-state index in [1.165, 1.54) is 18.5 Å². The Morgan fingerprint density at radius 2 is 1.88 bits per heavy atom. The van der Waals surface area contributed by atoms with Gasteiger partial charge in [0.1, 0.15) is 11.3 Å². The maximum Gasteiger partial charge on any atom is 0.227 e. The van der Waals surface area contributed by atoms with Crippen molar-refractivity contribution in [1.29, 1.82) is 5.41 Å². The minimum absolute atomic E-state index is 0.104. The fourth-order valence-electron chi connectivity index (χ4n) is 5.41. The average Bonchev–Trinajstić information content (AvgIpc) is 3.28. The predicted octanol–water partition coefficient (Wildman–Crippen LogP) is 5.64. The molecule has 0 spiro atoms. The van der Waals surface area contributed by atoms with Crippen LogP contribution in [0.5, 0.6) is 0 Å². The summed E-state index contributed by atoms with van der Waals surface area (Å²) in [5.74, 6) is 0.562. The number of aryl methyl sites for hydroxylation is 1. The molecular weight excluding hydrogens is 529 g/mol. The van der Waals surface area contributed by atoms with Crippen molar-refractivity contribution in [1.82, 2.24) is 29.3 Å². The summed E-state index contributed by atoms with van der Waals surface area (Å²) >= 11 is 6.50. The molecule has 4 aromatic rings. The summed E-state index contributed by atoms with van der Waals surface area (Å²) in [5, 5.41) is 11.5. The van der Waals surface area contributed by atoms with Gasteiger partial charge in [-0.3, -0.25) is 4.90 Å². The second-order valence-electron chi connectivity index (χ2n) is 10.4. The van der Waals surface area contributed by atoms with Gasteiger partial charge >= 0.3 is 0 Å². The molecule has 210 valence electrons. The zero-order chi connectivity index (χ0) is 28.6. The van der Waals surface area contributed by atoms with Gasteiger partial charge in [0.15, 0.2) is 5.82 Å². The molecule has 1 aliphatic heterocycles. The quantitative estimate of drug-likeness (QED) is 0.188. The molecule has 0 unspecified atom stereocenters. The third-order valence-electron chi connectivity index (χ3n) is 7.53. The number of halogens is 2. The zero-order valence-electron chi connectivity index (χ0n) is 23.3. The van der Waals surface area contributed by atoms with Crippen molar-refractivity contribution in [2.24, 2.45) is 0 Å². The van der Waals surface area contributed by atoms with Gasteiger partial charge in [-0.2, -0.15) is 0 Å². The van der Waals surface area contributed by atoms with Crippen molar-refractivity contribution in [3.63, 3.8) is 0 Å². The summed E-state index contributed by atoms with van der Waals surface area (Å²) < 4.78 is 17.1. The molecule has 0 atom stereocenters. The van der Waals surface area contributed by atoms with Crippen molar-refractivity contribution in [3.8, 4) is 11.3 Å². The minimum atomic E-state index is -0.439. The Morgan fingerprint density at radius 3 is 2.55 bits per heavy atom. The summed E-state index contributed by atoms with van der Waals surface area (Å²) in [6.07, 6.45) is 2.78. The molecule has 1 aliphatic rings. The van der Waals surface area contributed by atoms with E-state index in [2.05, 4.69) is 37.0 Å². The fraction of sp³-hybridized carbons (Fsp3) is 0.379. The molecule has 0 radical (unpaired) electrons. The molecular formula is C29H35ClFN9. The van der Waals surface area contributed by atoms with Crippen LogP contribution in [0.1, 0.15) is 43.8 Å². The number of hydrogen-bond donors (Lipinski definition) is 3. The van der Waals surface area contributed by atoms with Crippen molar-refractivity contribution >= 4 is 46.2 Å². The topological polar surface area (TPSA) is 112 Å². The van der Waals surface area contributed by atoms with E-state index in [1.54, 1.807) is 0 Å². The molecule has 0 aliphatic carbocycles. The standard InChI is InChI=1S/C29H35ClFN9/c1-5-38-8-10-39(11-9-38)16-19-6-7-24(26(33)21(19)14-32)36-29-34-15-22(30)27(37-29)20-12-23(31)28-25(13-20)40(17(2)3)18(4)35-28/h6-7,12-15,17,32H,5,8-11,16,33H2,1-4H3,(H,34,36,37). The van der Waals surface area contributed by atoms with Gasteiger partial charge in [-0.05, 0) is 51.1 Å². The van der Waals surface area contributed by atoms with Crippen LogP contribution < -0.4 is 11.1 Å². The van der Waals surface area contributed by atoms with Gasteiger partial charge in [0.05, 0.1) is 33.8 Å². The van der Waals surface area contributed by atoms with Gasteiger partial charge in [0.2, 0.25) is 5.95 Å². The van der Waals surface area contributed by atoms with Crippen molar-refractivity contribution in [3.05, 3.63) is 58.3 Å². The fourth-order valence-corrected chi connectivity index (χ4v) is 5.61. The lowest BCUT2D eigenvalue weighted by atomic mass is 10.0. The van der Waals surface area contributed by atoms with Crippen LogP contribution in [0, 0.1) is 18.2 Å². The van der Waals surface area contributed by atoms with E-state index in [4.69, 9.17) is 22.7 Å². The van der Waals surface area contributed by atoms with Crippen LogP contribution in [0.25, 0.3) is 22.3 Å². The summed E-state index contributed by atoms with van der Waals surface area (Å²) in [4.78, 5) is 18.2. The van der Waals surface area contributed by atoms with Crippen LogP contribution in [-0.4, -0.2) is 68.3 Å². The normalized spacial score (nSPS) is 14.8. The van der Waals surface area contributed by atoms with E-state index >= 15 is 4.39 Å². The van der Waals surface area contributed by atoms with E-state index in [-0.39, 0.29) is 12.0 Å². The highest BCUT2D eigenvalue weighted by Crippen LogP contribution is 2.34. The van der Waals surface area contributed by atoms with Crippen LogP contribution in [0.4, 0.5) is 21.7 Å². The largest absolute Gasteiger partial charge is 0.397 e. The molecule has 3 heterocycles. The molecule has 11 heteroatoms. The predicted molar refractivity (Wildman–Crippen MR) is 160 cm³/mol. The maximum atomic E-state index is 15.1. The number of likely N-dealkylation sites (N-methyl/N-ethyl adjacent to an activating group) is 1. The summed E-state index contributed by atoms with van der Waals surface area (Å²) in [6, 6.07) is 7.22. The molecule has 2 aromatic carbocycles. The number of nitrogens with two attached hydrogens (primary N) is 1. The first-order chi connectivity index (χ1) is 19.2. The number of nitrogens with one attached hydrogen (secondary N) is 2. The van der Waals surface area contributed by atoms with Crippen LogP contribution in [0.2, 0.25) is 5.02 Å². The van der Waals surface area contributed by atoms with E-state index in [1.807, 2.05) is 43.5 Å². The van der Waals surface area contributed by atoms with Crippen molar-refractivity contribution in [2.75, 3.05) is 43.8 Å². The van der Waals surface area contributed by atoms with Gasteiger partial charge in [0.25, 0.3) is 0 Å². The molecule has 2 aromatic heterocycles. The lowest BCUT2D eigenvalue weighted by molar-refractivity contribution is 0.132. The molecule has 4 N–H and O–H groups in total. The Bertz CT molecular complexity index is 1560. The Morgan fingerprint density at radius 1 is 1.15 bits per heavy atom. The maximum absolute atomic E-state index is 15.1. The lowest BCUT2D eigenvalue weighted by Crippen LogP contribution is -2.45. The second kappa shape index (κ2) is 11.5. The van der Waals surface area contributed by atoms with E-state index in [0.717, 1.165) is 50.7 Å². The van der Waals surface area contributed by atoms with Gasteiger partial charge < -0.3 is 25.9 Å². The molecule has 1 fully saturated rings. The Balaban J connectivity index is 1.44. The Hall–Kier alpha value is -3.60. The summed E-state index contributed by atoms with van der Waals surface area (Å²) in [6.45, 7) is 13.9. The van der Waals surface area contributed by atoms with Crippen molar-refractivity contribution < 1.29 is 4.39 Å². The number of benzene rings is 2. The Labute approximate surface area is 238 Å². The zero-order valence-corrected chi connectivity index (χ0v) is 24.1.